The summed E-state index contributed by atoms with van der Waals surface area (Å²) in [6, 6.07) is 17.5. The standard InChI is InChI=1S/C25H25N5O3.3C2H6/c1-2-33-25(31)23-22(18-7-4-3-5-8-18)28-24-20(9-6-12-30(23)24)27-19-10-11-21(26-17-19)29-13-15-32-16-14-29;3*1-2/h3-12,17,27H,2,13-16H2,1H3;3*1-2H3. The Balaban J connectivity index is 0.000000833. The molecule has 3 aromatic heterocycles. The lowest BCUT2D eigenvalue weighted by molar-refractivity contribution is 0.0519. The van der Waals surface area contributed by atoms with E-state index in [1.165, 1.54) is 0 Å². The summed E-state index contributed by atoms with van der Waals surface area (Å²) in [5.74, 6) is 0.524. The molecule has 1 aromatic carbocycles. The van der Waals surface area contributed by atoms with Crippen molar-refractivity contribution in [2.75, 3.05) is 43.1 Å². The molecule has 0 bridgehead atoms. The lowest BCUT2D eigenvalue weighted by Gasteiger charge is -2.27. The number of rotatable bonds is 6. The van der Waals surface area contributed by atoms with Gasteiger partial charge in [0.15, 0.2) is 11.3 Å². The summed E-state index contributed by atoms with van der Waals surface area (Å²) < 4.78 is 12.5. The van der Waals surface area contributed by atoms with E-state index in [1.807, 2.05) is 109 Å². The molecule has 1 fully saturated rings. The van der Waals surface area contributed by atoms with Crippen molar-refractivity contribution in [2.45, 2.75) is 48.5 Å². The fraction of sp³-hybridized carbons (Fsp3) is 0.387. The number of ether oxygens (including phenoxy) is 2. The van der Waals surface area contributed by atoms with Gasteiger partial charge in [0.2, 0.25) is 0 Å². The number of hydrogen-bond acceptors (Lipinski definition) is 7. The number of benzene rings is 1. The molecule has 0 aliphatic carbocycles. The number of nitrogens with zero attached hydrogens (tertiary/aromatic N) is 4. The average Bonchev–Trinajstić information content (AvgIpc) is 3.43. The third-order valence-corrected chi connectivity index (χ3v) is 5.53. The quantitative estimate of drug-likeness (QED) is 0.262. The molecule has 0 spiro atoms. The number of morpholine rings is 1. The number of fused-ring (bicyclic) bond motifs is 1. The minimum Gasteiger partial charge on any atom is -0.461 e. The second kappa shape index (κ2) is 16.8. The topological polar surface area (TPSA) is 81.0 Å². The Hall–Kier alpha value is -3.91. The number of carbonyl (C=O) groups is 1. The van der Waals surface area contributed by atoms with Gasteiger partial charge in [-0.2, -0.15) is 0 Å². The number of anilines is 3. The lowest BCUT2D eigenvalue weighted by atomic mass is 10.1. The molecule has 0 amide bonds. The van der Waals surface area contributed by atoms with Crippen LogP contribution in [0, 0.1) is 0 Å². The summed E-state index contributed by atoms with van der Waals surface area (Å²) in [5, 5.41) is 3.40. The zero-order valence-electron chi connectivity index (χ0n) is 24.4. The van der Waals surface area contributed by atoms with Crippen LogP contribution in [0.3, 0.4) is 0 Å². The van der Waals surface area contributed by atoms with Crippen molar-refractivity contribution < 1.29 is 14.3 Å². The predicted octanol–water partition coefficient (Wildman–Crippen LogP) is 7.23. The van der Waals surface area contributed by atoms with Crippen molar-refractivity contribution in [2.24, 2.45) is 0 Å². The molecule has 8 nitrogen and oxygen atoms in total. The molecule has 0 unspecified atom stereocenters. The first kappa shape index (κ1) is 31.3. The number of imidazole rings is 1. The SMILES string of the molecule is CC.CC.CC.CCOC(=O)c1c(-c2ccccc2)nc2c(Nc3ccc(N4CCOCC4)nc3)cccn12. The number of hydrogen-bond donors (Lipinski definition) is 1. The number of carbonyl (C=O) groups excluding carboxylic acids is 1. The maximum Gasteiger partial charge on any atom is 0.357 e. The van der Waals surface area contributed by atoms with Crippen LogP contribution in [0.5, 0.6) is 0 Å². The van der Waals surface area contributed by atoms with Gasteiger partial charge in [0.05, 0.1) is 37.4 Å². The van der Waals surface area contributed by atoms with Crippen LogP contribution < -0.4 is 10.2 Å². The highest BCUT2D eigenvalue weighted by Crippen LogP contribution is 2.30. The van der Waals surface area contributed by atoms with Gasteiger partial charge in [-0.25, -0.2) is 14.8 Å². The van der Waals surface area contributed by atoms with Gasteiger partial charge < -0.3 is 19.7 Å². The first-order valence-electron chi connectivity index (χ1n) is 14.0. The van der Waals surface area contributed by atoms with Gasteiger partial charge in [0, 0.05) is 24.8 Å². The van der Waals surface area contributed by atoms with Crippen LogP contribution in [-0.2, 0) is 9.47 Å². The van der Waals surface area contributed by atoms with Crippen molar-refractivity contribution in [1.82, 2.24) is 14.4 Å². The number of nitrogens with one attached hydrogen (secondary N) is 1. The second-order valence-electron chi connectivity index (χ2n) is 7.64. The third kappa shape index (κ3) is 7.80. The average molecular weight is 534 g/mol. The van der Waals surface area contributed by atoms with E-state index in [4.69, 9.17) is 14.5 Å². The smallest absolute Gasteiger partial charge is 0.357 e. The van der Waals surface area contributed by atoms with Crippen molar-refractivity contribution in [3.05, 3.63) is 72.7 Å². The first-order chi connectivity index (χ1) is 19.2. The van der Waals surface area contributed by atoms with Crippen LogP contribution in [0.4, 0.5) is 17.2 Å². The van der Waals surface area contributed by atoms with Crippen LogP contribution in [0.2, 0.25) is 0 Å². The van der Waals surface area contributed by atoms with Crippen LogP contribution in [0.25, 0.3) is 16.9 Å². The Labute approximate surface area is 233 Å². The maximum absolute atomic E-state index is 12.8. The van der Waals surface area contributed by atoms with Gasteiger partial charge in [-0.15, -0.1) is 0 Å². The summed E-state index contributed by atoms with van der Waals surface area (Å²) in [6.07, 6.45) is 3.63. The van der Waals surface area contributed by atoms with Gasteiger partial charge in [0.1, 0.15) is 11.5 Å². The highest BCUT2D eigenvalue weighted by atomic mass is 16.5. The Morgan fingerprint density at radius 1 is 0.949 bits per heavy atom. The molecule has 5 rings (SSSR count). The minimum atomic E-state index is -0.405. The predicted molar refractivity (Wildman–Crippen MR) is 161 cm³/mol. The molecule has 0 atom stereocenters. The van der Waals surface area contributed by atoms with E-state index in [9.17, 15) is 4.79 Å². The Morgan fingerprint density at radius 3 is 2.26 bits per heavy atom. The van der Waals surface area contributed by atoms with E-state index in [-0.39, 0.29) is 0 Å². The Bertz CT molecular complexity index is 1250. The lowest BCUT2D eigenvalue weighted by Crippen LogP contribution is -2.36. The second-order valence-corrected chi connectivity index (χ2v) is 7.64. The van der Waals surface area contributed by atoms with Crippen LogP contribution in [0.1, 0.15) is 59.0 Å². The highest BCUT2D eigenvalue weighted by Gasteiger charge is 2.23. The van der Waals surface area contributed by atoms with E-state index in [0.717, 1.165) is 49.1 Å². The normalized spacial score (nSPS) is 12.1. The number of esters is 1. The van der Waals surface area contributed by atoms with Crippen LogP contribution >= 0.6 is 0 Å². The van der Waals surface area contributed by atoms with Crippen molar-refractivity contribution in [3.63, 3.8) is 0 Å². The summed E-state index contributed by atoms with van der Waals surface area (Å²) in [7, 11) is 0. The molecule has 1 aliphatic heterocycles. The molecular formula is C31H43N5O3. The van der Waals surface area contributed by atoms with Gasteiger partial charge in [0.25, 0.3) is 0 Å². The first-order valence-corrected chi connectivity index (χ1v) is 14.0. The fourth-order valence-electron chi connectivity index (χ4n) is 3.95. The van der Waals surface area contributed by atoms with E-state index in [2.05, 4.69) is 15.2 Å². The van der Waals surface area contributed by atoms with Crippen molar-refractivity contribution in [3.8, 4) is 11.3 Å². The summed E-state index contributed by atoms with van der Waals surface area (Å²) in [4.78, 5) is 24.5. The molecule has 39 heavy (non-hydrogen) atoms. The van der Waals surface area contributed by atoms with Crippen molar-refractivity contribution >= 4 is 28.8 Å². The maximum atomic E-state index is 12.8. The molecule has 210 valence electrons. The summed E-state index contributed by atoms with van der Waals surface area (Å²) >= 11 is 0. The summed E-state index contributed by atoms with van der Waals surface area (Å²) in [6.45, 7) is 17.2. The molecule has 1 N–H and O–H groups in total. The minimum absolute atomic E-state index is 0.291. The zero-order chi connectivity index (χ0) is 28.6. The Morgan fingerprint density at radius 2 is 1.64 bits per heavy atom. The van der Waals surface area contributed by atoms with Gasteiger partial charge >= 0.3 is 5.97 Å². The van der Waals surface area contributed by atoms with Crippen molar-refractivity contribution in [1.29, 1.82) is 0 Å². The zero-order valence-corrected chi connectivity index (χ0v) is 24.4. The van der Waals surface area contributed by atoms with Gasteiger partial charge in [-0.1, -0.05) is 71.9 Å². The van der Waals surface area contributed by atoms with Crippen LogP contribution in [0.15, 0.2) is 67.0 Å². The van der Waals surface area contributed by atoms with E-state index in [1.54, 1.807) is 11.3 Å². The van der Waals surface area contributed by atoms with E-state index in [0.29, 0.717) is 23.6 Å². The Kier molecular flexibility index (Phi) is 13.5. The molecule has 8 heteroatoms. The third-order valence-electron chi connectivity index (χ3n) is 5.53. The monoisotopic (exact) mass is 533 g/mol. The number of pyridine rings is 2. The van der Waals surface area contributed by atoms with Gasteiger partial charge in [-0.3, -0.25) is 4.40 Å². The molecule has 1 aliphatic rings. The number of aromatic nitrogens is 3. The molecule has 0 radical (unpaired) electrons. The molecule has 0 saturated carbocycles. The molecular weight excluding hydrogens is 490 g/mol. The molecule has 1 saturated heterocycles. The molecule has 4 aromatic rings. The summed E-state index contributed by atoms with van der Waals surface area (Å²) in [5.41, 5.74) is 4.09. The van der Waals surface area contributed by atoms with E-state index >= 15 is 0 Å². The highest BCUT2D eigenvalue weighted by molar-refractivity contribution is 5.97. The largest absolute Gasteiger partial charge is 0.461 e. The molecule has 4 heterocycles. The van der Waals surface area contributed by atoms with E-state index < -0.39 is 5.97 Å². The fourth-order valence-corrected chi connectivity index (χ4v) is 3.95. The van der Waals surface area contributed by atoms with Gasteiger partial charge in [-0.05, 0) is 31.2 Å². The van der Waals surface area contributed by atoms with Crippen LogP contribution in [-0.4, -0.2) is 53.2 Å².